The maximum absolute atomic E-state index is 11.9. The molecule has 1 amide bonds. The molecule has 1 saturated carbocycles. The van der Waals surface area contributed by atoms with Crippen molar-refractivity contribution in [3.8, 4) is 0 Å². The molecule has 7 heteroatoms. The molecule has 1 aliphatic heterocycles. The second-order valence-corrected chi connectivity index (χ2v) is 5.44. The predicted octanol–water partition coefficient (Wildman–Crippen LogP) is -0.687. The zero-order valence-corrected chi connectivity index (χ0v) is 10.7. The molecule has 2 fully saturated rings. The lowest BCUT2D eigenvalue weighted by Gasteiger charge is -2.26. The van der Waals surface area contributed by atoms with Crippen molar-refractivity contribution in [2.24, 2.45) is 5.92 Å². The van der Waals surface area contributed by atoms with Gasteiger partial charge in [0.15, 0.2) is 5.69 Å². The number of carbonyl (C=O) groups is 1. The van der Waals surface area contributed by atoms with E-state index < -0.39 is 0 Å². The average Bonchev–Trinajstić information content (AvgIpc) is 2.93. The minimum atomic E-state index is -0.200. The Bertz CT molecular complexity index is 457. The predicted molar refractivity (Wildman–Crippen MR) is 67.6 cm³/mol. The van der Waals surface area contributed by atoms with Crippen molar-refractivity contribution in [2.45, 2.75) is 31.4 Å². The first-order valence-corrected chi connectivity index (χ1v) is 6.81. The summed E-state index contributed by atoms with van der Waals surface area (Å²) in [5, 5.41) is 23.3. The Morgan fingerprint density at radius 2 is 2.37 bits per heavy atom. The van der Waals surface area contributed by atoms with Crippen molar-refractivity contribution in [1.82, 2.24) is 25.6 Å². The number of aliphatic hydroxyl groups is 1. The fraction of sp³-hybridized carbons (Fsp3) is 0.750. The molecule has 2 heterocycles. The van der Waals surface area contributed by atoms with Gasteiger partial charge < -0.3 is 15.7 Å². The Morgan fingerprint density at radius 1 is 1.53 bits per heavy atom. The van der Waals surface area contributed by atoms with Crippen molar-refractivity contribution in [2.75, 3.05) is 19.6 Å². The van der Waals surface area contributed by atoms with Crippen LogP contribution in [0.1, 0.15) is 35.8 Å². The molecular weight excluding hydrogens is 246 g/mol. The van der Waals surface area contributed by atoms with E-state index >= 15 is 0 Å². The second-order valence-electron chi connectivity index (χ2n) is 5.44. The van der Waals surface area contributed by atoms with E-state index in [4.69, 9.17) is 0 Å². The molecule has 1 aromatic rings. The molecule has 2 aliphatic rings. The maximum atomic E-state index is 11.9. The topological polar surface area (TPSA) is 92.1 Å². The van der Waals surface area contributed by atoms with E-state index in [9.17, 15) is 9.90 Å². The average molecular weight is 265 g/mol. The van der Waals surface area contributed by atoms with E-state index in [2.05, 4.69) is 20.9 Å². The van der Waals surface area contributed by atoms with Crippen LogP contribution < -0.4 is 10.6 Å². The lowest BCUT2D eigenvalue weighted by molar-refractivity contribution is 0.0940. The summed E-state index contributed by atoms with van der Waals surface area (Å²) in [7, 11) is 0. The van der Waals surface area contributed by atoms with Crippen molar-refractivity contribution in [3.05, 3.63) is 11.9 Å². The highest BCUT2D eigenvalue weighted by Gasteiger charge is 2.24. The Morgan fingerprint density at radius 3 is 3.00 bits per heavy atom. The van der Waals surface area contributed by atoms with Crippen LogP contribution in [0, 0.1) is 5.92 Å². The summed E-state index contributed by atoms with van der Waals surface area (Å²) in [6.45, 7) is 2.36. The van der Waals surface area contributed by atoms with Crippen molar-refractivity contribution < 1.29 is 9.90 Å². The molecule has 0 spiro atoms. The standard InChI is InChI=1S/C12H19N5O2/c18-10-2-1-8(3-10)4-14-12(19)11-7-17(16-15-11)9-5-13-6-9/h7-10,13,18H,1-6H2,(H,14,19). The van der Waals surface area contributed by atoms with Gasteiger partial charge in [0.05, 0.1) is 18.3 Å². The Hall–Kier alpha value is -1.47. The summed E-state index contributed by atoms with van der Waals surface area (Å²) in [6.07, 6.45) is 4.09. The molecule has 104 valence electrons. The molecule has 0 aromatic carbocycles. The van der Waals surface area contributed by atoms with Gasteiger partial charge >= 0.3 is 0 Å². The van der Waals surface area contributed by atoms with E-state index in [1.54, 1.807) is 10.9 Å². The Labute approximate surface area is 111 Å². The number of carbonyl (C=O) groups excluding carboxylic acids is 1. The van der Waals surface area contributed by atoms with Crippen molar-refractivity contribution in [3.63, 3.8) is 0 Å². The number of hydrogen-bond donors (Lipinski definition) is 3. The van der Waals surface area contributed by atoms with E-state index in [-0.39, 0.29) is 12.0 Å². The van der Waals surface area contributed by atoms with Crippen LogP contribution >= 0.6 is 0 Å². The molecule has 1 aromatic heterocycles. The number of aliphatic hydroxyl groups excluding tert-OH is 1. The second kappa shape index (κ2) is 5.26. The first-order valence-electron chi connectivity index (χ1n) is 6.81. The van der Waals surface area contributed by atoms with E-state index in [1.165, 1.54) is 0 Å². The van der Waals surface area contributed by atoms with Crippen LogP contribution in [0.3, 0.4) is 0 Å². The first kappa shape index (κ1) is 12.6. The van der Waals surface area contributed by atoms with Gasteiger partial charge in [-0.05, 0) is 25.2 Å². The van der Waals surface area contributed by atoms with Crippen LogP contribution in [-0.2, 0) is 0 Å². The normalized spacial score (nSPS) is 27.2. The van der Waals surface area contributed by atoms with Gasteiger partial charge in [-0.25, -0.2) is 4.68 Å². The number of hydrogen-bond acceptors (Lipinski definition) is 5. The van der Waals surface area contributed by atoms with E-state index in [0.29, 0.717) is 24.2 Å². The van der Waals surface area contributed by atoms with E-state index in [0.717, 1.165) is 32.4 Å². The molecular formula is C12H19N5O2. The SMILES string of the molecule is O=C(NCC1CCC(O)C1)c1cn(C2CNC2)nn1. The molecule has 2 unspecified atom stereocenters. The maximum Gasteiger partial charge on any atom is 0.273 e. The third kappa shape index (κ3) is 2.76. The molecule has 1 aliphatic carbocycles. The molecule has 2 atom stereocenters. The Kier molecular flexibility index (Phi) is 3.48. The third-order valence-corrected chi connectivity index (χ3v) is 3.94. The van der Waals surface area contributed by atoms with Crippen LogP contribution in [0.5, 0.6) is 0 Å². The monoisotopic (exact) mass is 265 g/mol. The molecule has 7 nitrogen and oxygen atoms in total. The van der Waals surface area contributed by atoms with Gasteiger partial charge in [0, 0.05) is 19.6 Å². The van der Waals surface area contributed by atoms with Gasteiger partial charge in [-0.2, -0.15) is 0 Å². The third-order valence-electron chi connectivity index (χ3n) is 3.94. The molecule has 3 rings (SSSR count). The van der Waals surface area contributed by atoms with Gasteiger partial charge in [-0.3, -0.25) is 4.79 Å². The fourth-order valence-corrected chi connectivity index (χ4v) is 2.58. The quantitative estimate of drug-likeness (QED) is 0.670. The number of aromatic nitrogens is 3. The van der Waals surface area contributed by atoms with Crippen LogP contribution in [-0.4, -0.2) is 51.7 Å². The number of nitrogens with zero attached hydrogens (tertiary/aromatic N) is 3. The molecule has 19 heavy (non-hydrogen) atoms. The van der Waals surface area contributed by atoms with Crippen LogP contribution in [0.4, 0.5) is 0 Å². The summed E-state index contributed by atoms with van der Waals surface area (Å²) in [4.78, 5) is 11.9. The number of nitrogens with one attached hydrogen (secondary N) is 2. The van der Waals surface area contributed by atoms with Gasteiger partial charge in [-0.15, -0.1) is 5.10 Å². The zero-order chi connectivity index (χ0) is 13.2. The van der Waals surface area contributed by atoms with Crippen molar-refractivity contribution in [1.29, 1.82) is 0 Å². The number of amides is 1. The summed E-state index contributed by atoms with van der Waals surface area (Å²) in [5.74, 6) is 0.199. The van der Waals surface area contributed by atoms with Crippen LogP contribution in [0.25, 0.3) is 0 Å². The first-order chi connectivity index (χ1) is 9.22. The molecule has 0 radical (unpaired) electrons. The highest BCUT2D eigenvalue weighted by molar-refractivity contribution is 5.91. The highest BCUT2D eigenvalue weighted by Crippen LogP contribution is 2.24. The van der Waals surface area contributed by atoms with Gasteiger partial charge in [-0.1, -0.05) is 5.21 Å². The molecule has 3 N–H and O–H groups in total. The lowest BCUT2D eigenvalue weighted by Crippen LogP contribution is -2.43. The molecule has 0 bridgehead atoms. The van der Waals surface area contributed by atoms with Crippen LogP contribution in [0.15, 0.2) is 6.20 Å². The van der Waals surface area contributed by atoms with Gasteiger partial charge in [0.25, 0.3) is 5.91 Å². The van der Waals surface area contributed by atoms with Crippen LogP contribution in [0.2, 0.25) is 0 Å². The minimum Gasteiger partial charge on any atom is -0.393 e. The number of rotatable bonds is 4. The minimum absolute atomic E-state index is 0.181. The summed E-state index contributed by atoms with van der Waals surface area (Å²) >= 11 is 0. The smallest absolute Gasteiger partial charge is 0.273 e. The summed E-state index contributed by atoms with van der Waals surface area (Å²) in [5.41, 5.74) is 0.366. The summed E-state index contributed by atoms with van der Waals surface area (Å²) in [6, 6.07) is 0.319. The van der Waals surface area contributed by atoms with Crippen molar-refractivity contribution >= 4 is 5.91 Å². The fourth-order valence-electron chi connectivity index (χ4n) is 2.58. The zero-order valence-electron chi connectivity index (χ0n) is 10.7. The largest absolute Gasteiger partial charge is 0.393 e. The van der Waals surface area contributed by atoms with Gasteiger partial charge in [0.1, 0.15) is 0 Å². The van der Waals surface area contributed by atoms with E-state index in [1.807, 2.05) is 0 Å². The Balaban J connectivity index is 1.50. The lowest BCUT2D eigenvalue weighted by atomic mass is 10.1. The molecule has 1 saturated heterocycles. The summed E-state index contributed by atoms with van der Waals surface area (Å²) < 4.78 is 1.74. The highest BCUT2D eigenvalue weighted by atomic mass is 16.3. The van der Waals surface area contributed by atoms with Gasteiger partial charge in [0.2, 0.25) is 0 Å².